The summed E-state index contributed by atoms with van der Waals surface area (Å²) in [6, 6.07) is 11.1. The zero-order chi connectivity index (χ0) is 23.4. The molecule has 1 heterocycles. The van der Waals surface area contributed by atoms with E-state index in [1.54, 1.807) is 19.3 Å². The van der Waals surface area contributed by atoms with E-state index in [-0.39, 0.29) is 17.8 Å². The van der Waals surface area contributed by atoms with Gasteiger partial charge in [0.15, 0.2) is 11.5 Å². The topological polar surface area (TPSA) is 55.8 Å². The maximum absolute atomic E-state index is 12.9. The van der Waals surface area contributed by atoms with Crippen molar-refractivity contribution >= 4 is 56.5 Å². The molecule has 2 aromatic rings. The molecule has 1 aliphatic carbocycles. The Labute approximate surface area is 211 Å². The van der Waals surface area contributed by atoms with Gasteiger partial charge in [-0.25, -0.2) is 0 Å². The third-order valence-corrected chi connectivity index (χ3v) is 7.78. The Bertz CT molecular complexity index is 1080. The maximum atomic E-state index is 12.9. The molecule has 4 rings (SSSR count). The summed E-state index contributed by atoms with van der Waals surface area (Å²) in [7, 11) is 1.56. The van der Waals surface area contributed by atoms with Gasteiger partial charge in [-0.05, 0) is 76.3 Å². The van der Waals surface area contributed by atoms with Crippen molar-refractivity contribution in [2.45, 2.75) is 38.7 Å². The van der Waals surface area contributed by atoms with E-state index in [9.17, 15) is 9.59 Å². The van der Waals surface area contributed by atoms with Gasteiger partial charge in [-0.15, -0.1) is 0 Å². The SMILES string of the molecule is COc1cc(/C=C2\SC(=O)N(CC3CCCCC3)C2=O)cc(Br)c1OCc1ccccc1Cl. The van der Waals surface area contributed by atoms with Gasteiger partial charge in [0.1, 0.15) is 6.61 Å². The van der Waals surface area contributed by atoms with E-state index in [2.05, 4.69) is 15.9 Å². The first-order valence-electron chi connectivity index (χ1n) is 11.0. The smallest absolute Gasteiger partial charge is 0.293 e. The molecule has 0 N–H and O–H groups in total. The Morgan fingerprint density at radius 1 is 1.18 bits per heavy atom. The minimum Gasteiger partial charge on any atom is -0.493 e. The van der Waals surface area contributed by atoms with Crippen LogP contribution in [0.5, 0.6) is 11.5 Å². The molecular weight excluding hydrogens is 526 g/mol. The van der Waals surface area contributed by atoms with E-state index in [0.29, 0.717) is 38.4 Å². The Hall–Kier alpha value is -1.96. The molecule has 0 unspecified atom stereocenters. The molecule has 1 aliphatic heterocycles. The van der Waals surface area contributed by atoms with Gasteiger partial charge in [0.25, 0.3) is 11.1 Å². The van der Waals surface area contributed by atoms with E-state index in [1.165, 1.54) is 24.2 Å². The summed E-state index contributed by atoms with van der Waals surface area (Å²) in [5.74, 6) is 1.25. The van der Waals surface area contributed by atoms with Crippen LogP contribution in [-0.2, 0) is 11.4 Å². The van der Waals surface area contributed by atoms with Crippen molar-refractivity contribution in [3.8, 4) is 11.5 Å². The molecule has 1 saturated carbocycles. The van der Waals surface area contributed by atoms with E-state index < -0.39 is 0 Å². The van der Waals surface area contributed by atoms with Gasteiger partial charge in [-0.3, -0.25) is 14.5 Å². The van der Waals surface area contributed by atoms with Crippen LogP contribution in [0.4, 0.5) is 4.79 Å². The number of nitrogens with zero attached hydrogens (tertiary/aromatic N) is 1. The lowest BCUT2D eigenvalue weighted by Gasteiger charge is -2.25. The molecule has 1 saturated heterocycles. The quantitative estimate of drug-likeness (QED) is 0.338. The van der Waals surface area contributed by atoms with Crippen LogP contribution in [0.15, 0.2) is 45.8 Å². The zero-order valence-corrected chi connectivity index (χ0v) is 21.5. The molecule has 0 radical (unpaired) electrons. The summed E-state index contributed by atoms with van der Waals surface area (Å²) in [4.78, 5) is 27.3. The number of hydrogen-bond donors (Lipinski definition) is 0. The Balaban J connectivity index is 1.50. The summed E-state index contributed by atoms with van der Waals surface area (Å²) in [6.07, 6.45) is 7.50. The van der Waals surface area contributed by atoms with E-state index in [4.69, 9.17) is 21.1 Å². The van der Waals surface area contributed by atoms with Crippen molar-refractivity contribution in [2.24, 2.45) is 5.92 Å². The van der Waals surface area contributed by atoms with Crippen LogP contribution in [0.2, 0.25) is 5.02 Å². The fourth-order valence-electron chi connectivity index (χ4n) is 4.17. The molecule has 2 aliphatic rings. The predicted octanol–water partition coefficient (Wildman–Crippen LogP) is 7.31. The molecule has 8 heteroatoms. The Morgan fingerprint density at radius 3 is 2.67 bits per heavy atom. The third kappa shape index (κ3) is 5.76. The molecule has 0 bridgehead atoms. The van der Waals surface area contributed by atoms with E-state index in [0.717, 1.165) is 35.7 Å². The maximum Gasteiger partial charge on any atom is 0.293 e. The predicted molar refractivity (Wildman–Crippen MR) is 136 cm³/mol. The van der Waals surface area contributed by atoms with Crippen LogP contribution in [0.1, 0.15) is 43.2 Å². The van der Waals surface area contributed by atoms with Gasteiger partial charge in [-0.1, -0.05) is 49.1 Å². The molecular formula is C25H25BrClNO4S. The number of carbonyl (C=O) groups excluding carboxylic acids is 2. The second-order valence-electron chi connectivity index (χ2n) is 8.21. The second kappa shape index (κ2) is 11.0. The van der Waals surface area contributed by atoms with Crippen molar-refractivity contribution in [1.29, 1.82) is 0 Å². The number of carbonyl (C=O) groups is 2. The van der Waals surface area contributed by atoms with Crippen LogP contribution in [0.25, 0.3) is 6.08 Å². The molecule has 2 aromatic carbocycles. The number of rotatable bonds is 7. The number of ether oxygens (including phenoxy) is 2. The average molecular weight is 551 g/mol. The fraction of sp³-hybridized carbons (Fsp3) is 0.360. The summed E-state index contributed by atoms with van der Waals surface area (Å²) >= 11 is 10.8. The molecule has 0 spiro atoms. The van der Waals surface area contributed by atoms with Crippen molar-refractivity contribution < 1.29 is 19.1 Å². The molecule has 2 amide bonds. The number of amides is 2. The number of benzene rings is 2. The van der Waals surface area contributed by atoms with Crippen molar-refractivity contribution in [3.05, 3.63) is 61.9 Å². The normalized spacial score (nSPS) is 18.3. The van der Waals surface area contributed by atoms with Crippen molar-refractivity contribution in [1.82, 2.24) is 4.90 Å². The lowest BCUT2D eigenvalue weighted by atomic mass is 9.89. The third-order valence-electron chi connectivity index (χ3n) is 5.92. The lowest BCUT2D eigenvalue weighted by Crippen LogP contribution is -2.34. The first-order chi connectivity index (χ1) is 16.0. The minimum atomic E-state index is -0.218. The number of halogens is 2. The monoisotopic (exact) mass is 549 g/mol. The molecule has 174 valence electrons. The van der Waals surface area contributed by atoms with Crippen LogP contribution in [0, 0.1) is 5.92 Å². The standard InChI is InChI=1S/C25H25BrClNO4S/c1-31-21-12-17(11-19(26)23(21)32-15-18-9-5-6-10-20(18)27)13-22-24(29)28(25(30)33-22)14-16-7-3-2-4-8-16/h5-6,9-13,16H,2-4,7-8,14-15H2,1H3/b22-13-. The second-order valence-corrected chi connectivity index (χ2v) is 10.5. The van der Waals surface area contributed by atoms with Gasteiger partial charge >= 0.3 is 0 Å². The van der Waals surface area contributed by atoms with Crippen LogP contribution in [0.3, 0.4) is 0 Å². The highest BCUT2D eigenvalue weighted by molar-refractivity contribution is 9.10. The van der Waals surface area contributed by atoms with Crippen LogP contribution < -0.4 is 9.47 Å². The van der Waals surface area contributed by atoms with Gasteiger partial charge in [-0.2, -0.15) is 0 Å². The van der Waals surface area contributed by atoms with Gasteiger partial charge in [0.2, 0.25) is 0 Å². The number of thioether (sulfide) groups is 1. The Morgan fingerprint density at radius 2 is 1.94 bits per heavy atom. The van der Waals surface area contributed by atoms with Crippen LogP contribution >= 0.6 is 39.3 Å². The average Bonchev–Trinajstić information content (AvgIpc) is 3.07. The summed E-state index contributed by atoms with van der Waals surface area (Å²) in [5, 5.41) is 0.440. The summed E-state index contributed by atoms with van der Waals surface area (Å²) in [5.41, 5.74) is 1.61. The van der Waals surface area contributed by atoms with Gasteiger partial charge < -0.3 is 9.47 Å². The Kier molecular flexibility index (Phi) is 8.04. The zero-order valence-electron chi connectivity index (χ0n) is 18.3. The first-order valence-corrected chi connectivity index (χ1v) is 12.9. The van der Waals surface area contributed by atoms with Crippen molar-refractivity contribution in [2.75, 3.05) is 13.7 Å². The highest BCUT2D eigenvalue weighted by Gasteiger charge is 2.36. The van der Waals surface area contributed by atoms with Gasteiger partial charge in [0.05, 0.1) is 16.5 Å². The van der Waals surface area contributed by atoms with E-state index >= 15 is 0 Å². The van der Waals surface area contributed by atoms with Crippen molar-refractivity contribution in [3.63, 3.8) is 0 Å². The lowest BCUT2D eigenvalue weighted by molar-refractivity contribution is -0.123. The highest BCUT2D eigenvalue weighted by Crippen LogP contribution is 2.40. The number of hydrogen-bond acceptors (Lipinski definition) is 5. The number of imide groups is 1. The molecule has 5 nitrogen and oxygen atoms in total. The summed E-state index contributed by atoms with van der Waals surface area (Å²) in [6.45, 7) is 0.803. The minimum absolute atomic E-state index is 0.192. The molecule has 2 fully saturated rings. The molecule has 33 heavy (non-hydrogen) atoms. The van der Waals surface area contributed by atoms with Gasteiger partial charge in [0, 0.05) is 17.1 Å². The highest BCUT2D eigenvalue weighted by atomic mass is 79.9. The summed E-state index contributed by atoms with van der Waals surface area (Å²) < 4.78 is 12.2. The fourth-order valence-corrected chi connectivity index (χ4v) is 5.78. The van der Waals surface area contributed by atoms with Crippen LogP contribution in [-0.4, -0.2) is 29.7 Å². The number of methoxy groups -OCH3 is 1. The first kappa shape index (κ1) is 24.2. The molecule has 0 aromatic heterocycles. The van der Waals surface area contributed by atoms with E-state index in [1.807, 2.05) is 30.3 Å². The molecule has 0 atom stereocenters. The largest absolute Gasteiger partial charge is 0.493 e.